The van der Waals surface area contributed by atoms with Crippen LogP contribution in [-0.4, -0.2) is 35.6 Å². The Morgan fingerprint density at radius 2 is 1.92 bits per heavy atom. The van der Waals surface area contributed by atoms with Gasteiger partial charge in [0.15, 0.2) is 0 Å². The summed E-state index contributed by atoms with van der Waals surface area (Å²) in [5.41, 5.74) is 1.06. The summed E-state index contributed by atoms with van der Waals surface area (Å²) in [6.45, 7) is 0.436. The van der Waals surface area contributed by atoms with Gasteiger partial charge in [0.2, 0.25) is 0 Å². The van der Waals surface area contributed by atoms with Crippen molar-refractivity contribution in [3.8, 4) is 0 Å². The Labute approximate surface area is 87.1 Å². The first-order valence-corrected chi connectivity index (χ1v) is 9.39. The molecule has 1 rings (SSSR count). The van der Waals surface area contributed by atoms with Crippen LogP contribution in [0.2, 0.25) is 0 Å². The van der Waals surface area contributed by atoms with Crippen LogP contribution >= 0.6 is 4.65 Å². The molecule has 0 fully saturated rings. The topological polar surface area (TPSA) is 29.5 Å². The van der Waals surface area contributed by atoms with Crippen LogP contribution in [0.1, 0.15) is 5.56 Å². The SMILES string of the molecule is OP([Se])(=[Se])OCc1ccccc1. The molecule has 0 aliphatic rings. The van der Waals surface area contributed by atoms with Crippen LogP contribution < -0.4 is 0 Å². The molecule has 12 heavy (non-hydrogen) atoms. The van der Waals surface area contributed by atoms with Crippen LogP contribution in [0.15, 0.2) is 30.3 Å². The molecule has 65 valence electrons. The van der Waals surface area contributed by atoms with Crippen molar-refractivity contribution < 1.29 is 9.42 Å². The monoisotopic (exact) mass is 315 g/mol. The van der Waals surface area contributed by atoms with Crippen molar-refractivity contribution in [3.05, 3.63) is 35.9 Å². The predicted molar refractivity (Wildman–Crippen MR) is 51.9 cm³/mol. The molecule has 0 bridgehead atoms. The molecule has 1 N–H and O–H groups in total. The van der Waals surface area contributed by atoms with Gasteiger partial charge in [-0.05, 0) is 0 Å². The minimum absolute atomic E-state index is 0.436. The van der Waals surface area contributed by atoms with Crippen molar-refractivity contribution in [2.45, 2.75) is 6.61 Å². The summed E-state index contributed by atoms with van der Waals surface area (Å²) in [6.07, 6.45) is 0. The van der Waals surface area contributed by atoms with Gasteiger partial charge in [-0.3, -0.25) is 0 Å². The van der Waals surface area contributed by atoms with Gasteiger partial charge >= 0.3 is 87.2 Å². The Morgan fingerprint density at radius 1 is 1.33 bits per heavy atom. The van der Waals surface area contributed by atoms with E-state index < -0.39 is 4.65 Å². The molecule has 0 amide bonds. The zero-order valence-corrected chi connectivity index (χ0v) is 10.5. The molecule has 0 saturated carbocycles. The van der Waals surface area contributed by atoms with E-state index >= 15 is 0 Å². The normalized spacial score (nSPS) is 15.5. The van der Waals surface area contributed by atoms with Crippen molar-refractivity contribution in [2.75, 3.05) is 0 Å². The van der Waals surface area contributed by atoms with Crippen LogP contribution in [-0.2, 0) is 11.1 Å². The van der Waals surface area contributed by atoms with E-state index in [2.05, 4.69) is 30.7 Å². The fourth-order valence-electron chi connectivity index (χ4n) is 0.730. The van der Waals surface area contributed by atoms with Gasteiger partial charge in [0.25, 0.3) is 0 Å². The van der Waals surface area contributed by atoms with E-state index in [4.69, 9.17) is 4.52 Å². The van der Waals surface area contributed by atoms with Crippen molar-refractivity contribution in [1.82, 2.24) is 0 Å². The molecule has 0 aromatic heterocycles. The molecule has 1 radical (unpaired) electrons. The maximum atomic E-state index is 9.26. The second-order valence-corrected chi connectivity index (χ2v) is 13.2. The van der Waals surface area contributed by atoms with E-state index in [-0.39, 0.29) is 0 Å². The number of rotatable bonds is 3. The van der Waals surface area contributed by atoms with Gasteiger partial charge in [-0.2, -0.15) is 0 Å². The van der Waals surface area contributed by atoms with Gasteiger partial charge < -0.3 is 0 Å². The van der Waals surface area contributed by atoms with E-state index in [0.717, 1.165) is 5.56 Å². The first kappa shape index (κ1) is 10.7. The maximum absolute atomic E-state index is 9.26. The molecular weight excluding hydrogens is 305 g/mol. The molecule has 0 spiro atoms. The van der Waals surface area contributed by atoms with Crippen LogP contribution in [0, 0.1) is 0 Å². The summed E-state index contributed by atoms with van der Waals surface area (Å²) >= 11 is 5.15. The summed E-state index contributed by atoms with van der Waals surface area (Å²) in [7, 11) is 0. The molecular formula is C7H8O2PSe2. The molecule has 0 heterocycles. The second kappa shape index (κ2) is 4.74. The summed E-state index contributed by atoms with van der Waals surface area (Å²) < 4.78 is 2.84. The predicted octanol–water partition coefficient (Wildman–Crippen LogP) is 1.21. The zero-order valence-electron chi connectivity index (χ0n) is 6.21. The molecule has 1 aromatic rings. The number of hydrogen-bond donors (Lipinski definition) is 1. The third kappa shape index (κ3) is 4.59. The molecule has 1 aromatic carbocycles. The number of benzene rings is 1. The Bertz CT molecular complexity index is 283. The van der Waals surface area contributed by atoms with Gasteiger partial charge in [0, 0.05) is 0 Å². The average molecular weight is 313 g/mol. The summed E-state index contributed by atoms with van der Waals surface area (Å²) in [5, 5.41) is 0. The molecule has 0 aliphatic heterocycles. The van der Waals surface area contributed by atoms with E-state index in [1.54, 1.807) is 0 Å². The zero-order chi connectivity index (χ0) is 9.03. The number of hydrogen-bond acceptors (Lipinski definition) is 2. The molecule has 2 nitrogen and oxygen atoms in total. The van der Waals surface area contributed by atoms with Crippen molar-refractivity contribution in [2.24, 2.45) is 0 Å². The molecule has 5 heteroatoms. The van der Waals surface area contributed by atoms with Gasteiger partial charge in [-0.1, -0.05) is 0 Å². The van der Waals surface area contributed by atoms with Gasteiger partial charge in [0.05, 0.1) is 0 Å². The van der Waals surface area contributed by atoms with Crippen molar-refractivity contribution in [3.63, 3.8) is 0 Å². The Kier molecular flexibility index (Phi) is 4.22. The Balaban J connectivity index is 2.50. The van der Waals surface area contributed by atoms with E-state index in [1.807, 2.05) is 30.3 Å². The quantitative estimate of drug-likeness (QED) is 0.671. The van der Waals surface area contributed by atoms with E-state index in [0.29, 0.717) is 6.61 Å². The van der Waals surface area contributed by atoms with Crippen LogP contribution in [0.5, 0.6) is 0 Å². The first-order chi connectivity index (χ1) is 5.58. The van der Waals surface area contributed by atoms with E-state index in [9.17, 15) is 4.89 Å². The van der Waals surface area contributed by atoms with Crippen molar-refractivity contribution in [1.29, 1.82) is 0 Å². The van der Waals surface area contributed by atoms with Gasteiger partial charge in [-0.15, -0.1) is 0 Å². The average Bonchev–Trinajstić information content (AvgIpc) is 2.02. The Morgan fingerprint density at radius 3 is 2.42 bits per heavy atom. The van der Waals surface area contributed by atoms with Crippen LogP contribution in [0.3, 0.4) is 0 Å². The third-order valence-corrected chi connectivity index (χ3v) is 3.02. The minimum atomic E-state index is -2.33. The third-order valence-electron chi connectivity index (χ3n) is 1.24. The van der Waals surface area contributed by atoms with Gasteiger partial charge in [-0.25, -0.2) is 0 Å². The van der Waals surface area contributed by atoms with Crippen molar-refractivity contribution >= 4 is 35.3 Å². The molecule has 1 unspecified atom stereocenters. The van der Waals surface area contributed by atoms with E-state index in [1.165, 1.54) is 0 Å². The molecule has 0 aliphatic carbocycles. The summed E-state index contributed by atoms with van der Waals surface area (Å²) in [6, 6.07) is 9.73. The standard InChI is InChI=1S/C7H8O2PSe2/c8-10(11,12)9-6-7-4-2-1-3-5-7/h1-5H,6H2,(H,8,11). The molecule has 1 atom stereocenters. The Hall–Kier alpha value is 0.609. The fraction of sp³-hybridized carbons (Fsp3) is 0.143. The molecule has 0 saturated heterocycles. The fourth-order valence-corrected chi connectivity index (χ4v) is 1.71. The van der Waals surface area contributed by atoms with Crippen LogP contribution in [0.25, 0.3) is 0 Å². The van der Waals surface area contributed by atoms with Gasteiger partial charge in [0.1, 0.15) is 0 Å². The second-order valence-electron chi connectivity index (χ2n) is 2.23. The summed E-state index contributed by atoms with van der Waals surface area (Å²) in [4.78, 5) is 9.26. The van der Waals surface area contributed by atoms with Crippen LogP contribution in [0.4, 0.5) is 0 Å². The first-order valence-electron chi connectivity index (χ1n) is 3.30. The summed E-state index contributed by atoms with van der Waals surface area (Å²) in [5.74, 6) is 0.